The molecule has 0 bridgehead atoms. The molecule has 0 saturated heterocycles. The molecule has 1 aromatic heterocycles. The Morgan fingerprint density at radius 1 is 1.30 bits per heavy atom. The van der Waals surface area contributed by atoms with Crippen LogP contribution in [0.1, 0.15) is 5.56 Å². The molecule has 7 heteroatoms. The van der Waals surface area contributed by atoms with Gasteiger partial charge in [-0.3, -0.25) is 4.79 Å². The molecule has 0 saturated carbocycles. The van der Waals surface area contributed by atoms with E-state index in [9.17, 15) is 18.0 Å². The smallest absolute Gasteiger partial charge is 0.416 e. The number of rotatable bonds is 3. The second-order valence-electron chi connectivity index (χ2n) is 4.16. The highest BCUT2D eigenvalue weighted by molar-refractivity contribution is 5.86. The molecule has 1 N–H and O–H groups in total. The number of hydrogen-bond donors (Lipinski definition) is 1. The zero-order valence-electron chi connectivity index (χ0n) is 10.6. The van der Waals surface area contributed by atoms with Crippen LogP contribution in [-0.4, -0.2) is 23.4 Å². The molecule has 2 aromatic rings. The lowest BCUT2D eigenvalue weighted by atomic mass is 10.1. The topological polar surface area (TPSA) is 51.5 Å². The average Bonchev–Trinajstić information content (AvgIpc) is 2.40. The van der Waals surface area contributed by atoms with Crippen LogP contribution >= 0.6 is 0 Å². The van der Waals surface area contributed by atoms with Gasteiger partial charge >= 0.3 is 6.18 Å². The SMILES string of the molecule is COc1cc(=O)n(CCO)c2cc(C(F)(F)F)ccc12. The summed E-state index contributed by atoms with van der Waals surface area (Å²) in [6.45, 7) is -0.432. The molecule has 0 amide bonds. The van der Waals surface area contributed by atoms with E-state index in [2.05, 4.69) is 0 Å². The van der Waals surface area contributed by atoms with Gasteiger partial charge < -0.3 is 14.4 Å². The van der Waals surface area contributed by atoms with Crippen molar-refractivity contribution in [3.05, 3.63) is 40.2 Å². The number of halogens is 3. The van der Waals surface area contributed by atoms with Crippen molar-refractivity contribution >= 4 is 10.9 Å². The number of methoxy groups -OCH3 is 1. The molecular formula is C13H12F3NO3. The highest BCUT2D eigenvalue weighted by Gasteiger charge is 2.31. The summed E-state index contributed by atoms with van der Waals surface area (Å²) in [5, 5.41) is 9.33. The molecule has 1 aromatic carbocycles. The number of hydrogen-bond acceptors (Lipinski definition) is 3. The van der Waals surface area contributed by atoms with Crippen molar-refractivity contribution in [3.8, 4) is 5.75 Å². The van der Waals surface area contributed by atoms with Crippen LogP contribution in [-0.2, 0) is 12.7 Å². The summed E-state index contributed by atoms with van der Waals surface area (Å²) in [7, 11) is 1.34. The minimum atomic E-state index is -4.50. The number of aromatic nitrogens is 1. The zero-order valence-corrected chi connectivity index (χ0v) is 10.6. The van der Waals surface area contributed by atoms with Gasteiger partial charge in [0, 0.05) is 18.0 Å². The minimum Gasteiger partial charge on any atom is -0.496 e. The summed E-state index contributed by atoms with van der Waals surface area (Å²) in [6.07, 6.45) is -4.50. The van der Waals surface area contributed by atoms with Crippen molar-refractivity contribution in [2.24, 2.45) is 0 Å². The number of ether oxygens (including phenoxy) is 1. The van der Waals surface area contributed by atoms with E-state index in [-0.39, 0.29) is 24.4 Å². The van der Waals surface area contributed by atoms with Crippen molar-refractivity contribution < 1.29 is 23.0 Å². The van der Waals surface area contributed by atoms with Gasteiger partial charge in [-0.2, -0.15) is 13.2 Å². The fraction of sp³-hybridized carbons (Fsp3) is 0.308. The van der Waals surface area contributed by atoms with Gasteiger partial charge in [-0.1, -0.05) is 0 Å². The molecular weight excluding hydrogens is 275 g/mol. The maximum absolute atomic E-state index is 12.7. The van der Waals surface area contributed by atoms with Crippen molar-refractivity contribution in [2.75, 3.05) is 13.7 Å². The van der Waals surface area contributed by atoms with E-state index >= 15 is 0 Å². The molecule has 0 fully saturated rings. The summed E-state index contributed by atoms with van der Waals surface area (Å²) in [4.78, 5) is 11.9. The van der Waals surface area contributed by atoms with Crippen LogP contribution < -0.4 is 10.3 Å². The second kappa shape index (κ2) is 5.16. The highest BCUT2D eigenvalue weighted by Crippen LogP contribution is 2.33. The number of aliphatic hydroxyl groups excluding tert-OH is 1. The average molecular weight is 287 g/mol. The Labute approximate surface area is 112 Å². The van der Waals surface area contributed by atoms with E-state index in [0.29, 0.717) is 5.39 Å². The van der Waals surface area contributed by atoms with Crippen LogP contribution in [0.5, 0.6) is 5.75 Å². The van der Waals surface area contributed by atoms with E-state index < -0.39 is 17.3 Å². The third kappa shape index (κ3) is 2.49. The standard InChI is InChI=1S/C13H12F3NO3/c1-20-11-7-12(19)17(4-5-18)10-6-8(13(14,15)16)2-3-9(10)11/h2-3,6-7,18H,4-5H2,1H3. The highest BCUT2D eigenvalue weighted by atomic mass is 19.4. The number of benzene rings is 1. The Kier molecular flexibility index (Phi) is 3.71. The molecule has 0 radical (unpaired) electrons. The first-order valence-electron chi connectivity index (χ1n) is 5.78. The predicted molar refractivity (Wildman–Crippen MR) is 66.8 cm³/mol. The molecule has 0 atom stereocenters. The van der Waals surface area contributed by atoms with Gasteiger partial charge in [0.1, 0.15) is 5.75 Å². The molecule has 2 rings (SSSR count). The maximum atomic E-state index is 12.7. The van der Waals surface area contributed by atoms with Crippen LogP contribution in [0.4, 0.5) is 13.2 Å². The van der Waals surface area contributed by atoms with E-state index in [1.165, 1.54) is 19.2 Å². The molecule has 0 unspecified atom stereocenters. The Bertz CT molecular complexity index is 692. The fourth-order valence-corrected chi connectivity index (χ4v) is 2.03. The third-order valence-electron chi connectivity index (χ3n) is 2.95. The monoisotopic (exact) mass is 287 g/mol. The van der Waals surface area contributed by atoms with Crippen LogP contribution in [0, 0.1) is 0 Å². The zero-order chi connectivity index (χ0) is 14.9. The molecule has 20 heavy (non-hydrogen) atoms. The van der Waals surface area contributed by atoms with Crippen molar-refractivity contribution in [1.82, 2.24) is 4.57 Å². The summed E-state index contributed by atoms with van der Waals surface area (Å²) in [5.41, 5.74) is -1.30. The van der Waals surface area contributed by atoms with Crippen LogP contribution in [0.15, 0.2) is 29.1 Å². The van der Waals surface area contributed by atoms with Gasteiger partial charge in [-0.05, 0) is 18.2 Å². The number of fused-ring (bicyclic) bond motifs is 1. The second-order valence-corrected chi connectivity index (χ2v) is 4.16. The van der Waals surface area contributed by atoms with Gasteiger partial charge in [-0.25, -0.2) is 0 Å². The van der Waals surface area contributed by atoms with E-state index in [1.54, 1.807) is 0 Å². The quantitative estimate of drug-likeness (QED) is 0.939. The van der Waals surface area contributed by atoms with Crippen molar-refractivity contribution in [1.29, 1.82) is 0 Å². The predicted octanol–water partition coefficient (Wildman–Crippen LogP) is 2.02. The Morgan fingerprint density at radius 3 is 2.55 bits per heavy atom. The Balaban J connectivity index is 2.82. The maximum Gasteiger partial charge on any atom is 0.416 e. The van der Waals surface area contributed by atoms with Crippen molar-refractivity contribution in [3.63, 3.8) is 0 Å². The lowest BCUT2D eigenvalue weighted by molar-refractivity contribution is -0.137. The van der Waals surface area contributed by atoms with Crippen LogP contribution in [0.3, 0.4) is 0 Å². The summed E-state index contributed by atoms with van der Waals surface area (Å²) < 4.78 is 44.3. The van der Waals surface area contributed by atoms with Gasteiger partial charge in [0.2, 0.25) is 0 Å². The molecule has 0 aliphatic heterocycles. The molecule has 0 spiro atoms. The molecule has 0 aliphatic rings. The third-order valence-corrected chi connectivity index (χ3v) is 2.95. The van der Waals surface area contributed by atoms with E-state index in [4.69, 9.17) is 9.84 Å². The Hall–Kier alpha value is -2.02. The summed E-state index contributed by atoms with van der Waals surface area (Å²) in [5.74, 6) is 0.202. The first kappa shape index (κ1) is 14.4. The fourth-order valence-electron chi connectivity index (χ4n) is 2.03. The molecule has 1 heterocycles. The number of alkyl halides is 3. The van der Waals surface area contributed by atoms with Gasteiger partial charge in [0.15, 0.2) is 0 Å². The normalized spacial score (nSPS) is 11.8. The lowest BCUT2D eigenvalue weighted by Gasteiger charge is -2.14. The van der Waals surface area contributed by atoms with Gasteiger partial charge in [0.05, 0.1) is 24.8 Å². The minimum absolute atomic E-state index is 0.0817. The molecule has 108 valence electrons. The molecule has 0 aliphatic carbocycles. The number of pyridine rings is 1. The van der Waals surface area contributed by atoms with Crippen LogP contribution in [0.2, 0.25) is 0 Å². The Morgan fingerprint density at radius 2 is 2.00 bits per heavy atom. The van der Waals surface area contributed by atoms with E-state index in [0.717, 1.165) is 16.7 Å². The summed E-state index contributed by atoms with van der Waals surface area (Å²) in [6, 6.07) is 4.25. The largest absolute Gasteiger partial charge is 0.496 e. The van der Waals surface area contributed by atoms with Crippen LogP contribution in [0.25, 0.3) is 10.9 Å². The first-order chi connectivity index (χ1) is 9.38. The number of nitrogens with zero attached hydrogens (tertiary/aromatic N) is 1. The summed E-state index contributed by atoms with van der Waals surface area (Å²) >= 11 is 0. The van der Waals surface area contributed by atoms with Crippen molar-refractivity contribution in [2.45, 2.75) is 12.7 Å². The first-order valence-corrected chi connectivity index (χ1v) is 5.78. The lowest BCUT2D eigenvalue weighted by Crippen LogP contribution is -2.22. The molecule has 4 nitrogen and oxygen atoms in total. The van der Waals surface area contributed by atoms with Gasteiger partial charge in [0.25, 0.3) is 5.56 Å². The number of aliphatic hydroxyl groups is 1. The van der Waals surface area contributed by atoms with Gasteiger partial charge in [-0.15, -0.1) is 0 Å². The van der Waals surface area contributed by atoms with E-state index in [1.807, 2.05) is 0 Å².